The maximum absolute atomic E-state index is 13.1. The van der Waals surface area contributed by atoms with Gasteiger partial charge in [-0.05, 0) is 12.1 Å². The number of halogens is 3. The van der Waals surface area contributed by atoms with Crippen molar-refractivity contribution in [3.8, 4) is 0 Å². The predicted octanol–water partition coefficient (Wildman–Crippen LogP) is 2.75. The molecule has 17 heavy (non-hydrogen) atoms. The zero-order chi connectivity index (χ0) is 12.3. The van der Waals surface area contributed by atoms with E-state index in [2.05, 4.69) is 10.3 Å². The fraction of sp³-hybridized carbons (Fsp3) is 0.182. The Morgan fingerprint density at radius 1 is 1.24 bits per heavy atom. The quantitative estimate of drug-likeness (QED) is 0.838. The number of anilines is 1. The minimum absolute atomic E-state index is 0.308. The van der Waals surface area contributed by atoms with E-state index in [9.17, 15) is 13.2 Å². The van der Waals surface area contributed by atoms with Gasteiger partial charge in [0.1, 0.15) is 5.76 Å². The van der Waals surface area contributed by atoms with Gasteiger partial charge in [0.15, 0.2) is 17.5 Å². The molecule has 0 radical (unpaired) electrons. The molecular formula is C11H9F3N2O. The summed E-state index contributed by atoms with van der Waals surface area (Å²) in [6.45, 7) is 0.308. The number of nitrogens with zero attached hydrogens (tertiary/aromatic N) is 1. The lowest BCUT2D eigenvalue weighted by Crippen LogP contribution is -2.09. The topological polar surface area (TPSA) is 38.1 Å². The average Bonchev–Trinajstić information content (AvgIpc) is 2.78. The molecule has 2 heterocycles. The van der Waals surface area contributed by atoms with Gasteiger partial charge in [-0.2, -0.15) is 9.37 Å². The molecule has 0 atom stereocenters. The number of furan rings is 1. The lowest BCUT2D eigenvalue weighted by Gasteiger charge is -2.05. The van der Waals surface area contributed by atoms with Crippen LogP contribution >= 0.6 is 0 Å². The maximum Gasteiger partial charge on any atom is 0.251 e. The largest absolute Gasteiger partial charge is 0.469 e. The summed E-state index contributed by atoms with van der Waals surface area (Å²) in [7, 11) is 0. The molecule has 90 valence electrons. The molecule has 2 rings (SSSR count). The van der Waals surface area contributed by atoms with Crippen molar-refractivity contribution in [1.82, 2.24) is 4.98 Å². The van der Waals surface area contributed by atoms with Crippen molar-refractivity contribution in [1.29, 1.82) is 0 Å². The molecule has 6 heteroatoms. The van der Waals surface area contributed by atoms with Gasteiger partial charge < -0.3 is 9.73 Å². The Labute approximate surface area is 95.3 Å². The van der Waals surface area contributed by atoms with Crippen molar-refractivity contribution in [2.45, 2.75) is 6.42 Å². The third-order valence-corrected chi connectivity index (χ3v) is 2.13. The van der Waals surface area contributed by atoms with Gasteiger partial charge in [-0.3, -0.25) is 0 Å². The Balaban J connectivity index is 1.97. The molecule has 0 saturated carbocycles. The zero-order valence-electron chi connectivity index (χ0n) is 8.71. The summed E-state index contributed by atoms with van der Waals surface area (Å²) in [6.07, 6.45) is 2.01. The van der Waals surface area contributed by atoms with Gasteiger partial charge in [0.2, 0.25) is 0 Å². The van der Waals surface area contributed by atoms with Gasteiger partial charge in [-0.1, -0.05) is 0 Å². The van der Waals surface area contributed by atoms with Crippen LogP contribution in [0.15, 0.2) is 28.9 Å². The van der Waals surface area contributed by atoms with Crippen molar-refractivity contribution in [2.75, 3.05) is 11.9 Å². The molecule has 0 aliphatic heterocycles. The van der Waals surface area contributed by atoms with Crippen LogP contribution in [0.25, 0.3) is 0 Å². The van der Waals surface area contributed by atoms with E-state index in [0.717, 1.165) is 0 Å². The smallest absolute Gasteiger partial charge is 0.251 e. The molecule has 0 aromatic carbocycles. The van der Waals surface area contributed by atoms with Crippen molar-refractivity contribution in [2.24, 2.45) is 0 Å². The molecule has 0 unspecified atom stereocenters. The van der Waals surface area contributed by atoms with Gasteiger partial charge in [0, 0.05) is 19.0 Å². The van der Waals surface area contributed by atoms with Crippen LogP contribution in [-0.2, 0) is 6.42 Å². The minimum Gasteiger partial charge on any atom is -0.469 e. The number of pyridine rings is 1. The van der Waals surface area contributed by atoms with Crippen molar-refractivity contribution in [3.05, 3.63) is 47.8 Å². The third-order valence-electron chi connectivity index (χ3n) is 2.13. The van der Waals surface area contributed by atoms with E-state index >= 15 is 0 Å². The van der Waals surface area contributed by atoms with Crippen molar-refractivity contribution >= 4 is 5.82 Å². The molecule has 0 aliphatic rings. The summed E-state index contributed by atoms with van der Waals surface area (Å²) in [5.74, 6) is -3.16. The van der Waals surface area contributed by atoms with Crippen LogP contribution in [0.3, 0.4) is 0 Å². The Morgan fingerprint density at radius 3 is 2.76 bits per heavy atom. The van der Waals surface area contributed by atoms with E-state index in [-0.39, 0.29) is 5.82 Å². The molecule has 0 aliphatic carbocycles. The Morgan fingerprint density at radius 2 is 2.06 bits per heavy atom. The van der Waals surface area contributed by atoms with Crippen LogP contribution in [0.2, 0.25) is 0 Å². The van der Waals surface area contributed by atoms with Crippen LogP contribution < -0.4 is 5.32 Å². The molecule has 1 N–H and O–H groups in total. The van der Waals surface area contributed by atoms with E-state index in [1.807, 2.05) is 0 Å². The highest BCUT2D eigenvalue weighted by Crippen LogP contribution is 2.14. The fourth-order valence-corrected chi connectivity index (χ4v) is 1.33. The van der Waals surface area contributed by atoms with Gasteiger partial charge in [0.25, 0.3) is 5.95 Å². The summed E-state index contributed by atoms with van der Waals surface area (Å²) in [6, 6.07) is 3.94. The molecule has 2 aromatic rings. The highest BCUT2D eigenvalue weighted by atomic mass is 19.2. The molecular weight excluding hydrogens is 233 g/mol. The highest BCUT2D eigenvalue weighted by Gasteiger charge is 2.11. The summed E-state index contributed by atoms with van der Waals surface area (Å²) in [5, 5.41) is 2.57. The summed E-state index contributed by atoms with van der Waals surface area (Å²) in [4.78, 5) is 3.13. The third kappa shape index (κ3) is 2.77. The lowest BCUT2D eigenvalue weighted by atomic mass is 10.3. The van der Waals surface area contributed by atoms with E-state index in [1.165, 1.54) is 6.26 Å². The van der Waals surface area contributed by atoms with Crippen molar-refractivity contribution < 1.29 is 17.6 Å². The minimum atomic E-state index is -1.33. The Kier molecular flexibility index (Phi) is 3.32. The van der Waals surface area contributed by atoms with Crippen LogP contribution in [0.4, 0.5) is 19.0 Å². The van der Waals surface area contributed by atoms with Crippen LogP contribution in [0, 0.1) is 17.6 Å². The number of hydrogen-bond donors (Lipinski definition) is 1. The van der Waals surface area contributed by atoms with Crippen LogP contribution in [0.1, 0.15) is 5.76 Å². The van der Waals surface area contributed by atoms with Gasteiger partial charge in [-0.25, -0.2) is 8.78 Å². The van der Waals surface area contributed by atoms with E-state index in [4.69, 9.17) is 4.42 Å². The van der Waals surface area contributed by atoms with Gasteiger partial charge in [0.05, 0.1) is 6.26 Å². The van der Waals surface area contributed by atoms with Crippen molar-refractivity contribution in [3.63, 3.8) is 0 Å². The SMILES string of the molecule is Fc1cc(F)c(NCCc2ccco2)nc1F. The fourth-order valence-electron chi connectivity index (χ4n) is 1.33. The first kappa shape index (κ1) is 11.5. The molecule has 0 spiro atoms. The molecule has 0 saturated heterocycles. The van der Waals surface area contributed by atoms with E-state index in [1.54, 1.807) is 12.1 Å². The van der Waals surface area contributed by atoms with E-state index in [0.29, 0.717) is 24.8 Å². The number of aromatic nitrogens is 1. The normalized spacial score (nSPS) is 10.5. The van der Waals surface area contributed by atoms with Crippen LogP contribution in [0.5, 0.6) is 0 Å². The molecule has 0 amide bonds. The first-order valence-electron chi connectivity index (χ1n) is 4.94. The summed E-state index contributed by atoms with van der Waals surface area (Å²) in [5.41, 5.74) is 0. The zero-order valence-corrected chi connectivity index (χ0v) is 8.71. The lowest BCUT2D eigenvalue weighted by molar-refractivity contribution is 0.466. The molecule has 2 aromatic heterocycles. The maximum atomic E-state index is 13.1. The molecule has 0 fully saturated rings. The molecule has 0 bridgehead atoms. The number of nitrogens with one attached hydrogen (secondary N) is 1. The highest BCUT2D eigenvalue weighted by molar-refractivity contribution is 5.36. The first-order chi connectivity index (χ1) is 8.16. The Bertz CT molecular complexity index is 500. The Hall–Kier alpha value is -1.98. The first-order valence-corrected chi connectivity index (χ1v) is 4.94. The second kappa shape index (κ2) is 4.90. The molecule has 3 nitrogen and oxygen atoms in total. The number of hydrogen-bond acceptors (Lipinski definition) is 3. The predicted molar refractivity (Wildman–Crippen MR) is 55.0 cm³/mol. The van der Waals surface area contributed by atoms with E-state index < -0.39 is 17.6 Å². The van der Waals surface area contributed by atoms with Crippen LogP contribution in [-0.4, -0.2) is 11.5 Å². The number of rotatable bonds is 4. The second-order valence-corrected chi connectivity index (χ2v) is 3.35. The average molecular weight is 242 g/mol. The summed E-state index contributed by atoms with van der Waals surface area (Å²) < 4.78 is 43.5. The monoisotopic (exact) mass is 242 g/mol. The second-order valence-electron chi connectivity index (χ2n) is 3.35. The van der Waals surface area contributed by atoms with Gasteiger partial charge >= 0.3 is 0 Å². The summed E-state index contributed by atoms with van der Waals surface area (Å²) >= 11 is 0. The standard InChI is InChI=1S/C11H9F3N2O/c12-8-6-9(13)11(16-10(8)14)15-4-3-7-2-1-5-17-7/h1-2,5-6H,3-4H2,(H,15,16). The van der Waals surface area contributed by atoms with Gasteiger partial charge in [-0.15, -0.1) is 0 Å².